The lowest BCUT2D eigenvalue weighted by molar-refractivity contribution is -0.114. The van der Waals surface area contributed by atoms with Crippen molar-refractivity contribution in [2.75, 3.05) is 10.6 Å². The van der Waals surface area contributed by atoms with Crippen molar-refractivity contribution in [2.24, 2.45) is 0 Å². The summed E-state index contributed by atoms with van der Waals surface area (Å²) in [7, 11) is 0. The molecule has 0 spiro atoms. The number of hydrogen-bond donors (Lipinski definition) is 2. The van der Waals surface area contributed by atoms with Gasteiger partial charge in [0, 0.05) is 18.2 Å². The monoisotopic (exact) mass is 400 g/mol. The number of hydrogen-bond acceptors (Lipinski definition) is 3. The van der Waals surface area contributed by atoms with Crippen molar-refractivity contribution in [3.8, 4) is 5.69 Å². The summed E-state index contributed by atoms with van der Waals surface area (Å²) in [6.45, 7) is 4.97. The number of nitrogens with one attached hydrogen (secondary N) is 2. The van der Waals surface area contributed by atoms with E-state index in [1.165, 1.54) is 25.1 Å². The predicted molar refractivity (Wildman–Crippen MR) is 107 cm³/mol. The van der Waals surface area contributed by atoms with Crippen molar-refractivity contribution >= 4 is 34.8 Å². The van der Waals surface area contributed by atoms with Crippen LogP contribution >= 0.6 is 11.6 Å². The van der Waals surface area contributed by atoms with Crippen LogP contribution in [-0.4, -0.2) is 21.6 Å². The summed E-state index contributed by atoms with van der Waals surface area (Å²) < 4.78 is 15.4. The van der Waals surface area contributed by atoms with Gasteiger partial charge in [-0.2, -0.15) is 5.10 Å². The molecule has 6 nitrogen and oxygen atoms in total. The molecule has 1 heterocycles. The molecule has 2 amide bonds. The number of rotatable bonds is 4. The van der Waals surface area contributed by atoms with Crippen LogP contribution in [0.25, 0.3) is 5.69 Å². The summed E-state index contributed by atoms with van der Waals surface area (Å²) in [5, 5.41) is 10.0. The lowest BCUT2D eigenvalue weighted by Crippen LogP contribution is -2.13. The summed E-state index contributed by atoms with van der Waals surface area (Å²) in [5.41, 5.74) is 3.10. The van der Waals surface area contributed by atoms with Gasteiger partial charge in [-0.3, -0.25) is 9.59 Å². The number of benzene rings is 2. The molecule has 3 aromatic rings. The zero-order valence-corrected chi connectivity index (χ0v) is 16.3. The Morgan fingerprint density at radius 2 is 1.75 bits per heavy atom. The fraction of sp³-hybridized carbons (Fsp3) is 0.150. The molecule has 0 bridgehead atoms. The highest BCUT2D eigenvalue weighted by molar-refractivity contribution is 6.31. The summed E-state index contributed by atoms with van der Waals surface area (Å²) >= 11 is 6.18. The van der Waals surface area contributed by atoms with E-state index in [1.54, 1.807) is 28.9 Å². The van der Waals surface area contributed by atoms with E-state index in [0.29, 0.717) is 16.3 Å². The maximum atomic E-state index is 13.7. The van der Waals surface area contributed by atoms with Gasteiger partial charge in [-0.05, 0) is 56.3 Å². The third kappa shape index (κ3) is 4.04. The summed E-state index contributed by atoms with van der Waals surface area (Å²) in [5.74, 6) is -1.35. The first-order valence-electron chi connectivity index (χ1n) is 8.47. The zero-order valence-electron chi connectivity index (χ0n) is 15.5. The molecule has 3 rings (SSSR count). The Hall–Kier alpha value is -3.19. The lowest BCUT2D eigenvalue weighted by Gasteiger charge is -2.10. The first-order valence-corrected chi connectivity index (χ1v) is 8.84. The predicted octanol–water partition coefficient (Wildman–Crippen LogP) is 4.49. The Morgan fingerprint density at radius 3 is 2.32 bits per heavy atom. The van der Waals surface area contributed by atoms with Gasteiger partial charge in [0.15, 0.2) is 0 Å². The normalized spacial score (nSPS) is 10.6. The highest BCUT2D eigenvalue weighted by Crippen LogP contribution is 2.23. The standard InChI is InChI=1S/C20H18ClFN4O2/c1-11-19(21)12(2)26(25-11)16-7-4-14(5-8-16)20(28)24-15-6-9-17(22)18(10-15)23-13(3)27/h4-10H,1-3H3,(H,23,27)(H,24,28). The highest BCUT2D eigenvalue weighted by Gasteiger charge is 2.13. The van der Waals surface area contributed by atoms with E-state index in [9.17, 15) is 14.0 Å². The van der Waals surface area contributed by atoms with Crippen LogP contribution < -0.4 is 10.6 Å². The van der Waals surface area contributed by atoms with Crippen molar-refractivity contribution in [2.45, 2.75) is 20.8 Å². The minimum Gasteiger partial charge on any atom is -0.324 e. The first kappa shape index (κ1) is 19.6. The summed E-state index contributed by atoms with van der Waals surface area (Å²) in [4.78, 5) is 23.6. The molecule has 0 unspecified atom stereocenters. The number of halogens is 2. The fourth-order valence-electron chi connectivity index (χ4n) is 2.72. The fourth-order valence-corrected chi connectivity index (χ4v) is 2.84. The lowest BCUT2D eigenvalue weighted by atomic mass is 10.2. The van der Waals surface area contributed by atoms with Crippen LogP contribution in [0.2, 0.25) is 5.02 Å². The van der Waals surface area contributed by atoms with Crippen LogP contribution in [0.4, 0.5) is 15.8 Å². The average molecular weight is 401 g/mol. The second-order valence-electron chi connectivity index (χ2n) is 6.27. The minimum absolute atomic E-state index is 0.00190. The topological polar surface area (TPSA) is 76.0 Å². The number of amides is 2. The van der Waals surface area contributed by atoms with Crippen molar-refractivity contribution < 1.29 is 14.0 Å². The largest absolute Gasteiger partial charge is 0.324 e. The molecule has 0 radical (unpaired) electrons. The number of carbonyl (C=O) groups is 2. The number of nitrogens with zero attached hydrogens (tertiary/aromatic N) is 2. The SMILES string of the molecule is CC(=O)Nc1cc(NC(=O)c2ccc(-n3nc(C)c(Cl)c3C)cc2)ccc1F. The van der Waals surface area contributed by atoms with Crippen LogP contribution in [-0.2, 0) is 4.79 Å². The first-order chi connectivity index (χ1) is 13.3. The molecule has 0 aliphatic rings. The molecule has 144 valence electrons. The number of aromatic nitrogens is 2. The number of aryl methyl sites for hydroxylation is 1. The molecule has 2 aromatic carbocycles. The molecule has 0 atom stereocenters. The molecule has 0 saturated carbocycles. The van der Waals surface area contributed by atoms with Crippen LogP contribution in [0.5, 0.6) is 0 Å². The maximum Gasteiger partial charge on any atom is 0.255 e. The van der Waals surface area contributed by atoms with E-state index in [4.69, 9.17) is 11.6 Å². The Kier molecular flexibility index (Phi) is 5.46. The summed E-state index contributed by atoms with van der Waals surface area (Å²) in [6, 6.07) is 10.8. The Bertz CT molecular complexity index is 1060. The van der Waals surface area contributed by atoms with Crippen molar-refractivity contribution in [3.63, 3.8) is 0 Å². The molecule has 0 fully saturated rings. The zero-order chi connectivity index (χ0) is 20.4. The van der Waals surface area contributed by atoms with E-state index in [-0.39, 0.29) is 11.6 Å². The van der Waals surface area contributed by atoms with Crippen molar-refractivity contribution in [3.05, 3.63) is 70.3 Å². The van der Waals surface area contributed by atoms with Crippen LogP contribution in [0.1, 0.15) is 28.7 Å². The number of carbonyl (C=O) groups excluding carboxylic acids is 2. The minimum atomic E-state index is -0.582. The van der Waals surface area contributed by atoms with Crippen LogP contribution in [0, 0.1) is 19.7 Å². The van der Waals surface area contributed by atoms with Gasteiger partial charge < -0.3 is 10.6 Å². The molecule has 0 saturated heterocycles. The van der Waals surface area contributed by atoms with E-state index in [1.807, 2.05) is 13.8 Å². The van der Waals surface area contributed by atoms with Gasteiger partial charge in [-0.25, -0.2) is 9.07 Å². The van der Waals surface area contributed by atoms with E-state index in [0.717, 1.165) is 17.1 Å². The van der Waals surface area contributed by atoms with Gasteiger partial charge >= 0.3 is 0 Å². The van der Waals surface area contributed by atoms with Crippen molar-refractivity contribution in [1.82, 2.24) is 9.78 Å². The van der Waals surface area contributed by atoms with Gasteiger partial charge in [0.25, 0.3) is 5.91 Å². The Labute approximate surface area is 166 Å². The molecule has 28 heavy (non-hydrogen) atoms. The Morgan fingerprint density at radius 1 is 1.07 bits per heavy atom. The quantitative estimate of drug-likeness (QED) is 0.677. The second-order valence-corrected chi connectivity index (χ2v) is 6.65. The molecule has 2 N–H and O–H groups in total. The van der Waals surface area contributed by atoms with Gasteiger partial charge in [-0.1, -0.05) is 11.6 Å². The second kappa shape index (κ2) is 7.82. The molecule has 0 aliphatic heterocycles. The van der Waals surface area contributed by atoms with E-state index >= 15 is 0 Å². The third-order valence-corrected chi connectivity index (χ3v) is 4.66. The molecule has 0 aliphatic carbocycles. The van der Waals surface area contributed by atoms with Crippen molar-refractivity contribution in [1.29, 1.82) is 0 Å². The molecular weight excluding hydrogens is 383 g/mol. The van der Waals surface area contributed by atoms with Gasteiger partial charge in [-0.15, -0.1) is 0 Å². The summed E-state index contributed by atoms with van der Waals surface area (Å²) in [6.07, 6.45) is 0. The highest BCUT2D eigenvalue weighted by atomic mass is 35.5. The van der Waals surface area contributed by atoms with Gasteiger partial charge in [0.05, 0.1) is 27.8 Å². The Balaban J connectivity index is 1.78. The number of anilines is 2. The molecule has 1 aromatic heterocycles. The molecule has 8 heteroatoms. The maximum absolute atomic E-state index is 13.7. The van der Waals surface area contributed by atoms with E-state index in [2.05, 4.69) is 15.7 Å². The molecular formula is C20H18ClFN4O2. The third-order valence-electron chi connectivity index (χ3n) is 4.11. The van der Waals surface area contributed by atoms with Gasteiger partial charge in [0.2, 0.25) is 5.91 Å². The van der Waals surface area contributed by atoms with Crippen LogP contribution in [0.15, 0.2) is 42.5 Å². The average Bonchev–Trinajstić information content (AvgIpc) is 2.91. The van der Waals surface area contributed by atoms with Gasteiger partial charge in [0.1, 0.15) is 5.82 Å². The van der Waals surface area contributed by atoms with E-state index < -0.39 is 11.7 Å². The van der Waals surface area contributed by atoms with Crippen LogP contribution in [0.3, 0.4) is 0 Å². The smallest absolute Gasteiger partial charge is 0.255 e.